The summed E-state index contributed by atoms with van der Waals surface area (Å²) in [5, 5.41) is 0.459. The van der Waals surface area contributed by atoms with Gasteiger partial charge in [0, 0.05) is 18.9 Å². The Morgan fingerprint density at radius 1 is 1.14 bits per heavy atom. The van der Waals surface area contributed by atoms with Crippen molar-refractivity contribution >= 4 is 16.9 Å². The molecule has 144 valence electrons. The number of alkyl halides is 2. The van der Waals surface area contributed by atoms with Gasteiger partial charge in [0.15, 0.2) is 0 Å². The van der Waals surface area contributed by atoms with Crippen molar-refractivity contribution in [2.24, 2.45) is 0 Å². The molecule has 28 heavy (non-hydrogen) atoms. The summed E-state index contributed by atoms with van der Waals surface area (Å²) in [5.41, 5.74) is 0.872. The highest BCUT2D eigenvalue weighted by atomic mass is 19.3. The van der Waals surface area contributed by atoms with Crippen molar-refractivity contribution in [1.29, 1.82) is 0 Å². The van der Waals surface area contributed by atoms with E-state index in [2.05, 4.69) is 4.98 Å². The standard InChI is InChI=1S/C21H18F2N2O3/c22-21(23,20(27)28-13-14-6-2-1-3-7-14)12-15-10-11-25-18(15)24-17-9-5-4-8-16(17)19(25)26/h1-9,15H,10-13H2. The molecule has 0 saturated carbocycles. The molecule has 0 bridgehead atoms. The van der Waals surface area contributed by atoms with Gasteiger partial charge in [-0.25, -0.2) is 9.78 Å². The third kappa shape index (κ3) is 3.40. The predicted molar refractivity (Wildman–Crippen MR) is 99.2 cm³/mol. The van der Waals surface area contributed by atoms with E-state index in [0.717, 1.165) is 0 Å². The Morgan fingerprint density at radius 3 is 2.64 bits per heavy atom. The summed E-state index contributed by atoms with van der Waals surface area (Å²) in [7, 11) is 0. The summed E-state index contributed by atoms with van der Waals surface area (Å²) in [4.78, 5) is 28.9. The lowest BCUT2D eigenvalue weighted by Crippen LogP contribution is -2.32. The number of ether oxygens (including phenoxy) is 1. The Balaban J connectivity index is 1.52. The van der Waals surface area contributed by atoms with Gasteiger partial charge in [-0.1, -0.05) is 42.5 Å². The Labute approximate surface area is 159 Å². The van der Waals surface area contributed by atoms with Crippen LogP contribution in [0, 0.1) is 0 Å². The minimum atomic E-state index is -3.65. The largest absolute Gasteiger partial charge is 0.456 e. The van der Waals surface area contributed by atoms with Crippen LogP contribution in [-0.4, -0.2) is 21.4 Å². The first kappa shape index (κ1) is 18.3. The van der Waals surface area contributed by atoms with E-state index in [1.54, 1.807) is 54.6 Å². The highest BCUT2D eigenvalue weighted by molar-refractivity contribution is 5.78. The molecule has 0 N–H and O–H groups in total. The fourth-order valence-electron chi connectivity index (χ4n) is 3.54. The molecule has 1 unspecified atom stereocenters. The first-order valence-electron chi connectivity index (χ1n) is 9.04. The number of carbonyl (C=O) groups excluding carboxylic acids is 1. The number of fused-ring (bicyclic) bond motifs is 2. The van der Waals surface area contributed by atoms with Crippen LogP contribution in [0.25, 0.3) is 10.9 Å². The summed E-state index contributed by atoms with van der Waals surface area (Å²) < 4.78 is 35.2. The van der Waals surface area contributed by atoms with E-state index >= 15 is 0 Å². The van der Waals surface area contributed by atoms with E-state index in [0.29, 0.717) is 35.3 Å². The summed E-state index contributed by atoms with van der Waals surface area (Å²) in [6.07, 6.45) is -0.397. The Kier molecular flexibility index (Phi) is 4.66. The summed E-state index contributed by atoms with van der Waals surface area (Å²) in [5.74, 6) is -5.59. The van der Waals surface area contributed by atoms with Crippen LogP contribution in [0.4, 0.5) is 8.78 Å². The molecule has 3 aromatic rings. The lowest BCUT2D eigenvalue weighted by Gasteiger charge is -2.19. The summed E-state index contributed by atoms with van der Waals surface area (Å²) >= 11 is 0. The van der Waals surface area contributed by atoms with Crippen LogP contribution in [0.5, 0.6) is 0 Å². The molecule has 1 atom stereocenters. The molecular weight excluding hydrogens is 366 g/mol. The van der Waals surface area contributed by atoms with Gasteiger partial charge in [0.25, 0.3) is 5.56 Å². The normalized spacial score (nSPS) is 16.1. The first-order chi connectivity index (χ1) is 13.5. The third-order valence-corrected chi connectivity index (χ3v) is 4.97. The number of halogens is 2. The van der Waals surface area contributed by atoms with Gasteiger partial charge >= 0.3 is 11.9 Å². The van der Waals surface area contributed by atoms with Crippen molar-refractivity contribution in [3.63, 3.8) is 0 Å². The van der Waals surface area contributed by atoms with Crippen molar-refractivity contribution in [1.82, 2.24) is 9.55 Å². The number of benzene rings is 2. The zero-order chi connectivity index (χ0) is 19.7. The van der Waals surface area contributed by atoms with Crippen LogP contribution in [-0.2, 0) is 22.7 Å². The number of aromatic nitrogens is 2. The highest BCUT2D eigenvalue weighted by Crippen LogP contribution is 2.36. The zero-order valence-corrected chi connectivity index (χ0v) is 15.0. The van der Waals surface area contributed by atoms with Crippen molar-refractivity contribution in [3.05, 3.63) is 76.3 Å². The van der Waals surface area contributed by atoms with E-state index in [-0.39, 0.29) is 12.2 Å². The highest BCUT2D eigenvalue weighted by Gasteiger charge is 2.45. The molecule has 0 radical (unpaired) electrons. The molecule has 0 saturated heterocycles. The van der Waals surface area contributed by atoms with Crippen LogP contribution >= 0.6 is 0 Å². The first-order valence-corrected chi connectivity index (χ1v) is 9.04. The van der Waals surface area contributed by atoms with Crippen LogP contribution < -0.4 is 5.56 Å². The van der Waals surface area contributed by atoms with Crippen LogP contribution in [0.2, 0.25) is 0 Å². The maximum absolute atomic E-state index is 14.5. The van der Waals surface area contributed by atoms with E-state index in [1.165, 1.54) is 4.57 Å². The monoisotopic (exact) mass is 384 g/mol. The topological polar surface area (TPSA) is 61.2 Å². The molecule has 7 heteroatoms. The minimum Gasteiger partial charge on any atom is -0.456 e. The second-order valence-electron chi connectivity index (χ2n) is 6.90. The number of hydrogen-bond acceptors (Lipinski definition) is 4. The fourth-order valence-corrected chi connectivity index (χ4v) is 3.54. The summed E-state index contributed by atoms with van der Waals surface area (Å²) in [6, 6.07) is 15.5. The van der Waals surface area contributed by atoms with Crippen molar-refractivity contribution < 1.29 is 18.3 Å². The Hall–Kier alpha value is -3.09. The predicted octanol–water partition coefficient (Wildman–Crippen LogP) is 3.65. The molecule has 0 amide bonds. The SMILES string of the molecule is O=C(OCc1ccccc1)C(F)(F)CC1CCn2c1nc1ccccc1c2=O. The van der Waals surface area contributed by atoms with Crippen LogP contribution in [0.1, 0.15) is 30.1 Å². The quantitative estimate of drug-likeness (QED) is 0.630. The number of para-hydroxylation sites is 1. The second kappa shape index (κ2) is 7.14. The molecule has 5 nitrogen and oxygen atoms in total. The minimum absolute atomic E-state index is 0.209. The van der Waals surface area contributed by atoms with Gasteiger partial charge in [0.05, 0.1) is 10.9 Å². The molecule has 0 spiro atoms. The summed E-state index contributed by atoms with van der Waals surface area (Å²) in [6.45, 7) is 0.102. The van der Waals surface area contributed by atoms with Crippen LogP contribution in [0.15, 0.2) is 59.4 Å². The lowest BCUT2D eigenvalue weighted by atomic mass is 9.98. The van der Waals surface area contributed by atoms with Crippen molar-refractivity contribution in [3.8, 4) is 0 Å². The average Bonchev–Trinajstić information content (AvgIpc) is 3.09. The molecule has 2 heterocycles. The van der Waals surface area contributed by atoms with Crippen molar-refractivity contribution in [2.75, 3.05) is 0 Å². The van der Waals surface area contributed by atoms with Gasteiger partial charge in [0.1, 0.15) is 12.4 Å². The van der Waals surface area contributed by atoms with Gasteiger partial charge in [-0.3, -0.25) is 9.36 Å². The molecule has 1 aliphatic rings. The molecule has 0 fully saturated rings. The lowest BCUT2D eigenvalue weighted by molar-refractivity contribution is -0.175. The third-order valence-electron chi connectivity index (χ3n) is 4.97. The Bertz CT molecular complexity index is 1080. The smallest absolute Gasteiger partial charge is 0.377 e. The number of esters is 1. The van der Waals surface area contributed by atoms with E-state index < -0.39 is 24.2 Å². The fraction of sp³-hybridized carbons (Fsp3) is 0.286. The van der Waals surface area contributed by atoms with E-state index in [1.807, 2.05) is 0 Å². The molecule has 1 aliphatic heterocycles. The van der Waals surface area contributed by atoms with E-state index in [9.17, 15) is 18.4 Å². The van der Waals surface area contributed by atoms with Crippen molar-refractivity contribution in [2.45, 2.75) is 37.8 Å². The number of carbonyl (C=O) groups is 1. The molecular formula is C21H18F2N2O3. The molecule has 4 rings (SSSR count). The van der Waals surface area contributed by atoms with Gasteiger partial charge in [-0.2, -0.15) is 8.78 Å². The van der Waals surface area contributed by atoms with Gasteiger partial charge in [0.2, 0.25) is 0 Å². The second-order valence-corrected chi connectivity index (χ2v) is 6.90. The molecule has 1 aromatic heterocycles. The van der Waals surface area contributed by atoms with E-state index in [4.69, 9.17) is 4.74 Å². The Morgan fingerprint density at radius 2 is 1.86 bits per heavy atom. The van der Waals surface area contributed by atoms with Crippen LogP contribution in [0.3, 0.4) is 0 Å². The molecule has 0 aliphatic carbocycles. The average molecular weight is 384 g/mol. The van der Waals surface area contributed by atoms with Gasteiger partial charge < -0.3 is 4.74 Å². The number of nitrogens with zero attached hydrogens (tertiary/aromatic N) is 2. The zero-order valence-electron chi connectivity index (χ0n) is 15.0. The maximum atomic E-state index is 14.5. The number of hydrogen-bond donors (Lipinski definition) is 0. The maximum Gasteiger partial charge on any atom is 0.377 e. The molecule has 2 aromatic carbocycles. The number of rotatable bonds is 5. The van der Waals surface area contributed by atoms with Gasteiger partial charge in [-0.05, 0) is 24.1 Å². The van der Waals surface area contributed by atoms with Gasteiger partial charge in [-0.15, -0.1) is 0 Å².